The predicted molar refractivity (Wildman–Crippen MR) is 106 cm³/mol. The molecule has 0 saturated heterocycles. The fourth-order valence-electron chi connectivity index (χ4n) is 2.36. The van der Waals surface area contributed by atoms with Crippen LogP contribution in [0.4, 0.5) is 23.7 Å². The van der Waals surface area contributed by atoms with Gasteiger partial charge in [-0.1, -0.05) is 12.1 Å². The third-order valence-electron chi connectivity index (χ3n) is 4.04. The van der Waals surface area contributed by atoms with E-state index in [4.69, 9.17) is 10.5 Å². The number of nitrogens with two attached hydrogens (primary N) is 1. The Morgan fingerprint density at radius 1 is 0.969 bits per heavy atom. The number of benzene rings is 2. The minimum atomic E-state index is -1.75. The zero-order chi connectivity index (χ0) is 23.8. The lowest BCUT2D eigenvalue weighted by Crippen LogP contribution is -2.40. The van der Waals surface area contributed by atoms with Crippen LogP contribution in [0, 0.1) is 17.5 Å². The summed E-state index contributed by atoms with van der Waals surface area (Å²) >= 11 is 0. The second-order valence-electron chi connectivity index (χ2n) is 6.45. The van der Waals surface area contributed by atoms with Crippen LogP contribution in [0.2, 0.25) is 0 Å². The van der Waals surface area contributed by atoms with Crippen molar-refractivity contribution in [1.29, 1.82) is 0 Å². The number of ether oxygens (including phenoxy) is 1. The van der Waals surface area contributed by atoms with Gasteiger partial charge in [0.15, 0.2) is 23.6 Å². The van der Waals surface area contributed by atoms with Gasteiger partial charge >= 0.3 is 12.0 Å². The number of hydrogen-bond donors (Lipinski definition) is 4. The highest BCUT2D eigenvalue weighted by molar-refractivity contribution is 5.96. The van der Waals surface area contributed by atoms with Crippen LogP contribution in [-0.4, -0.2) is 36.5 Å². The summed E-state index contributed by atoms with van der Waals surface area (Å²) in [5.74, 6) is -7.28. The summed E-state index contributed by atoms with van der Waals surface area (Å²) in [6, 6.07) is 6.72. The molecule has 9 nitrogen and oxygen atoms in total. The van der Waals surface area contributed by atoms with Crippen LogP contribution in [0.1, 0.15) is 22.8 Å². The number of urea groups is 1. The Hall–Kier alpha value is -4.09. The number of rotatable bonds is 8. The van der Waals surface area contributed by atoms with Crippen molar-refractivity contribution in [1.82, 2.24) is 10.6 Å². The van der Waals surface area contributed by atoms with Crippen LogP contribution < -0.4 is 21.7 Å². The van der Waals surface area contributed by atoms with Gasteiger partial charge in [0.2, 0.25) is 5.91 Å². The number of carbonyl (C=O) groups is 4. The summed E-state index contributed by atoms with van der Waals surface area (Å²) in [6.07, 6.45) is -1.27. The maximum atomic E-state index is 13.6. The van der Waals surface area contributed by atoms with Crippen molar-refractivity contribution in [3.05, 3.63) is 65.0 Å². The van der Waals surface area contributed by atoms with Crippen molar-refractivity contribution >= 4 is 29.5 Å². The minimum absolute atomic E-state index is 0.138. The van der Waals surface area contributed by atoms with Crippen molar-refractivity contribution < 1.29 is 37.1 Å². The summed E-state index contributed by atoms with van der Waals surface area (Å²) in [6.45, 7) is 0.798. The average Bonchev–Trinajstić information content (AvgIpc) is 2.76. The number of esters is 1. The molecule has 2 rings (SSSR count). The van der Waals surface area contributed by atoms with Crippen LogP contribution >= 0.6 is 0 Å². The highest BCUT2D eigenvalue weighted by Gasteiger charge is 2.20. The fourth-order valence-corrected chi connectivity index (χ4v) is 2.36. The lowest BCUT2D eigenvalue weighted by molar-refractivity contribution is -0.130. The normalized spacial score (nSPS) is 11.2. The van der Waals surface area contributed by atoms with Crippen LogP contribution in [0.5, 0.6) is 0 Å². The molecule has 0 aliphatic rings. The first-order valence-electron chi connectivity index (χ1n) is 9.12. The molecule has 4 amide bonds. The average molecular weight is 452 g/mol. The zero-order valence-corrected chi connectivity index (χ0v) is 16.7. The van der Waals surface area contributed by atoms with Gasteiger partial charge in [0.05, 0.1) is 17.8 Å². The van der Waals surface area contributed by atoms with Crippen LogP contribution in [-0.2, 0) is 20.9 Å². The van der Waals surface area contributed by atoms with Gasteiger partial charge in [0.25, 0.3) is 5.91 Å². The maximum absolute atomic E-state index is 13.6. The molecule has 170 valence electrons. The monoisotopic (exact) mass is 452 g/mol. The number of primary amides is 1. The lowest BCUT2D eigenvalue weighted by atomic mass is 10.1. The quantitative estimate of drug-likeness (QED) is 0.356. The standard InChI is InChI=1S/C20H19F3N4O5/c1-10(32-19(30)12-4-2-11(3-5-12)8-26-20(24)31)18(29)25-9-15(28)27-14-7-6-13(21)16(22)17(14)23/h2-7,10H,8-9H2,1H3,(H,25,29)(H,27,28)(H3,24,26,31)/t10-/m0/s1. The number of anilines is 1. The molecule has 1 atom stereocenters. The van der Waals surface area contributed by atoms with Gasteiger partial charge < -0.3 is 26.4 Å². The van der Waals surface area contributed by atoms with Gasteiger partial charge in [0, 0.05) is 6.54 Å². The largest absolute Gasteiger partial charge is 0.449 e. The van der Waals surface area contributed by atoms with Gasteiger partial charge in [0.1, 0.15) is 0 Å². The molecule has 0 spiro atoms. The van der Waals surface area contributed by atoms with E-state index < -0.39 is 59.6 Å². The smallest absolute Gasteiger partial charge is 0.338 e. The van der Waals surface area contributed by atoms with E-state index in [2.05, 4.69) is 10.6 Å². The molecule has 0 radical (unpaired) electrons. The van der Waals surface area contributed by atoms with Gasteiger partial charge in [-0.2, -0.15) is 0 Å². The predicted octanol–water partition coefficient (Wildman–Crippen LogP) is 1.57. The Morgan fingerprint density at radius 2 is 1.62 bits per heavy atom. The van der Waals surface area contributed by atoms with Crippen LogP contribution in [0.15, 0.2) is 36.4 Å². The maximum Gasteiger partial charge on any atom is 0.338 e. The van der Waals surface area contributed by atoms with E-state index in [1.54, 1.807) is 12.1 Å². The van der Waals surface area contributed by atoms with Crippen LogP contribution in [0.25, 0.3) is 0 Å². The summed E-state index contributed by atoms with van der Waals surface area (Å²) in [4.78, 5) is 46.7. The highest BCUT2D eigenvalue weighted by Crippen LogP contribution is 2.19. The Labute approximate surface area is 180 Å². The van der Waals surface area contributed by atoms with E-state index in [0.717, 1.165) is 6.07 Å². The topological polar surface area (TPSA) is 140 Å². The fraction of sp³-hybridized carbons (Fsp3) is 0.200. The molecule has 0 aliphatic heterocycles. The van der Waals surface area contributed by atoms with E-state index in [0.29, 0.717) is 11.6 Å². The van der Waals surface area contributed by atoms with Crippen molar-refractivity contribution in [2.24, 2.45) is 5.73 Å². The Balaban J connectivity index is 1.83. The third-order valence-corrected chi connectivity index (χ3v) is 4.04. The second-order valence-corrected chi connectivity index (χ2v) is 6.45. The summed E-state index contributed by atoms with van der Waals surface area (Å²) in [7, 11) is 0. The molecule has 12 heteroatoms. The van der Waals surface area contributed by atoms with E-state index in [-0.39, 0.29) is 12.1 Å². The van der Waals surface area contributed by atoms with E-state index in [1.165, 1.54) is 19.1 Å². The SMILES string of the molecule is C[C@H](OC(=O)c1ccc(CNC(N)=O)cc1)C(=O)NCC(=O)Nc1ccc(F)c(F)c1F. The highest BCUT2D eigenvalue weighted by atomic mass is 19.2. The number of amides is 4. The van der Waals surface area contributed by atoms with E-state index in [1.807, 2.05) is 5.32 Å². The second kappa shape index (κ2) is 10.8. The van der Waals surface area contributed by atoms with Crippen LogP contribution in [0.3, 0.4) is 0 Å². The lowest BCUT2D eigenvalue weighted by Gasteiger charge is -2.14. The van der Waals surface area contributed by atoms with Gasteiger partial charge in [-0.05, 0) is 36.8 Å². The number of halogens is 3. The summed E-state index contributed by atoms with van der Waals surface area (Å²) < 4.78 is 44.6. The molecule has 0 unspecified atom stereocenters. The molecular weight excluding hydrogens is 433 g/mol. The molecule has 0 bridgehead atoms. The molecule has 0 aliphatic carbocycles. The van der Waals surface area contributed by atoms with Crippen molar-refractivity contribution in [3.63, 3.8) is 0 Å². The summed E-state index contributed by atoms with van der Waals surface area (Å²) in [5.41, 5.74) is 5.18. The first-order valence-corrected chi connectivity index (χ1v) is 9.12. The van der Waals surface area contributed by atoms with Gasteiger partial charge in [-0.15, -0.1) is 0 Å². The van der Waals surface area contributed by atoms with E-state index in [9.17, 15) is 32.3 Å². The molecular formula is C20H19F3N4O5. The number of hydrogen-bond acceptors (Lipinski definition) is 5. The first-order chi connectivity index (χ1) is 15.1. The molecule has 2 aromatic carbocycles. The van der Waals surface area contributed by atoms with Gasteiger partial charge in [-0.25, -0.2) is 22.8 Å². The Kier molecular flexibility index (Phi) is 8.16. The van der Waals surface area contributed by atoms with Crippen molar-refractivity contribution in [3.8, 4) is 0 Å². The number of nitrogens with one attached hydrogen (secondary N) is 3. The Morgan fingerprint density at radius 3 is 2.25 bits per heavy atom. The van der Waals surface area contributed by atoms with E-state index >= 15 is 0 Å². The van der Waals surface area contributed by atoms with Gasteiger partial charge in [-0.3, -0.25) is 9.59 Å². The Bertz CT molecular complexity index is 1030. The molecule has 2 aromatic rings. The summed E-state index contributed by atoms with van der Waals surface area (Å²) in [5, 5.41) is 6.54. The van der Waals surface area contributed by atoms with Crippen molar-refractivity contribution in [2.75, 3.05) is 11.9 Å². The molecule has 0 fully saturated rings. The molecule has 0 saturated carbocycles. The third kappa shape index (κ3) is 6.72. The number of carbonyl (C=O) groups excluding carboxylic acids is 4. The first kappa shape index (κ1) is 24.2. The molecule has 0 heterocycles. The molecule has 5 N–H and O–H groups in total. The molecule has 32 heavy (non-hydrogen) atoms. The molecule has 0 aromatic heterocycles. The minimum Gasteiger partial charge on any atom is -0.449 e. The van der Waals surface area contributed by atoms with Crippen molar-refractivity contribution in [2.45, 2.75) is 19.6 Å². The zero-order valence-electron chi connectivity index (χ0n) is 16.7.